The van der Waals surface area contributed by atoms with Crippen molar-refractivity contribution in [1.82, 2.24) is 29.4 Å². The number of imidazole rings is 1. The zero-order valence-electron chi connectivity index (χ0n) is 15.5. The molecule has 138 valence electrons. The van der Waals surface area contributed by atoms with Crippen LogP contribution in [-0.2, 0) is 7.05 Å². The SMILES string of the molecule is Cc1cc(-c2nccn2C)nc([C@H]2CCCN(C(=O)c3ccncc3)C2)n1. The van der Waals surface area contributed by atoms with Gasteiger partial charge in [-0.3, -0.25) is 9.78 Å². The maximum atomic E-state index is 12.8. The highest BCUT2D eigenvalue weighted by molar-refractivity contribution is 5.94. The summed E-state index contributed by atoms with van der Waals surface area (Å²) in [6.07, 6.45) is 8.89. The van der Waals surface area contributed by atoms with Crippen LogP contribution in [0.15, 0.2) is 43.0 Å². The summed E-state index contributed by atoms with van der Waals surface area (Å²) >= 11 is 0. The van der Waals surface area contributed by atoms with Crippen LogP contribution >= 0.6 is 0 Å². The number of hydrogen-bond donors (Lipinski definition) is 0. The molecule has 4 heterocycles. The molecule has 0 unspecified atom stereocenters. The predicted molar refractivity (Wildman–Crippen MR) is 101 cm³/mol. The van der Waals surface area contributed by atoms with E-state index in [1.54, 1.807) is 30.7 Å². The van der Waals surface area contributed by atoms with Crippen molar-refractivity contribution in [3.8, 4) is 11.5 Å². The summed E-state index contributed by atoms with van der Waals surface area (Å²) in [5.41, 5.74) is 2.41. The Kier molecular flexibility index (Phi) is 4.66. The summed E-state index contributed by atoms with van der Waals surface area (Å²) in [6, 6.07) is 5.47. The molecule has 1 aliphatic heterocycles. The van der Waals surface area contributed by atoms with Crippen molar-refractivity contribution >= 4 is 5.91 Å². The molecule has 7 heteroatoms. The first-order chi connectivity index (χ1) is 13.1. The Hall–Kier alpha value is -3.09. The van der Waals surface area contributed by atoms with E-state index in [-0.39, 0.29) is 11.8 Å². The van der Waals surface area contributed by atoms with Crippen molar-refractivity contribution in [3.05, 3.63) is 60.1 Å². The molecule has 1 amide bonds. The third-order valence-corrected chi connectivity index (χ3v) is 4.92. The Bertz CT molecular complexity index is 952. The average Bonchev–Trinajstić information content (AvgIpc) is 3.14. The number of carbonyl (C=O) groups is 1. The first-order valence-corrected chi connectivity index (χ1v) is 9.14. The van der Waals surface area contributed by atoms with Crippen molar-refractivity contribution in [2.24, 2.45) is 7.05 Å². The molecule has 1 atom stereocenters. The number of piperidine rings is 1. The number of hydrogen-bond acceptors (Lipinski definition) is 5. The summed E-state index contributed by atoms with van der Waals surface area (Å²) in [5, 5.41) is 0. The van der Waals surface area contributed by atoms with Gasteiger partial charge in [0.15, 0.2) is 5.82 Å². The number of rotatable bonds is 3. The lowest BCUT2D eigenvalue weighted by molar-refractivity contribution is 0.0704. The summed E-state index contributed by atoms with van der Waals surface area (Å²) in [5.74, 6) is 1.78. The molecule has 1 aliphatic rings. The van der Waals surface area contributed by atoms with Crippen LogP contribution in [-0.4, -0.2) is 48.4 Å². The third-order valence-electron chi connectivity index (χ3n) is 4.92. The molecular weight excluding hydrogens is 340 g/mol. The van der Waals surface area contributed by atoms with E-state index in [9.17, 15) is 4.79 Å². The molecule has 0 aromatic carbocycles. The number of amides is 1. The highest BCUT2D eigenvalue weighted by atomic mass is 16.2. The second-order valence-corrected chi connectivity index (χ2v) is 6.94. The second-order valence-electron chi connectivity index (χ2n) is 6.94. The number of nitrogens with zero attached hydrogens (tertiary/aromatic N) is 6. The highest BCUT2D eigenvalue weighted by Gasteiger charge is 2.27. The lowest BCUT2D eigenvalue weighted by Gasteiger charge is -2.32. The van der Waals surface area contributed by atoms with E-state index in [4.69, 9.17) is 4.98 Å². The number of pyridine rings is 1. The molecule has 0 radical (unpaired) electrons. The Morgan fingerprint density at radius 3 is 2.74 bits per heavy atom. The monoisotopic (exact) mass is 362 g/mol. The largest absolute Gasteiger partial charge is 0.338 e. The van der Waals surface area contributed by atoms with E-state index in [0.29, 0.717) is 12.1 Å². The molecule has 1 saturated heterocycles. The van der Waals surface area contributed by atoms with Crippen molar-refractivity contribution in [1.29, 1.82) is 0 Å². The summed E-state index contributed by atoms with van der Waals surface area (Å²) in [6.45, 7) is 3.36. The van der Waals surface area contributed by atoms with E-state index in [2.05, 4.69) is 15.0 Å². The Balaban J connectivity index is 1.59. The van der Waals surface area contributed by atoms with Crippen LogP contribution in [0.1, 0.15) is 40.6 Å². The van der Waals surface area contributed by atoms with Gasteiger partial charge in [-0.15, -0.1) is 0 Å². The first-order valence-electron chi connectivity index (χ1n) is 9.14. The molecular formula is C20H22N6O. The molecule has 7 nitrogen and oxygen atoms in total. The standard InChI is InChI=1S/C20H22N6O/c1-14-12-17(19-22-9-11-25(19)2)24-18(23-14)16-4-3-10-26(13-16)20(27)15-5-7-21-8-6-15/h5-9,11-12,16H,3-4,10,13H2,1-2H3/t16-/m0/s1. The first kappa shape index (κ1) is 17.3. The maximum absolute atomic E-state index is 12.8. The quantitative estimate of drug-likeness (QED) is 0.716. The van der Waals surface area contributed by atoms with Crippen molar-refractivity contribution < 1.29 is 4.79 Å². The van der Waals surface area contributed by atoms with E-state index in [1.807, 2.05) is 35.7 Å². The van der Waals surface area contributed by atoms with Crippen molar-refractivity contribution in [2.45, 2.75) is 25.7 Å². The van der Waals surface area contributed by atoms with Gasteiger partial charge in [0.05, 0.1) is 0 Å². The van der Waals surface area contributed by atoms with Crippen molar-refractivity contribution in [3.63, 3.8) is 0 Å². The van der Waals surface area contributed by atoms with E-state index < -0.39 is 0 Å². The molecule has 27 heavy (non-hydrogen) atoms. The van der Waals surface area contributed by atoms with E-state index in [0.717, 1.165) is 42.4 Å². The zero-order valence-corrected chi connectivity index (χ0v) is 15.5. The van der Waals surface area contributed by atoms with Gasteiger partial charge in [0.1, 0.15) is 11.5 Å². The third kappa shape index (κ3) is 3.58. The van der Waals surface area contributed by atoms with E-state index in [1.165, 1.54) is 0 Å². The molecule has 0 spiro atoms. The predicted octanol–water partition coefficient (Wildman–Crippen LogP) is 2.60. The molecule has 0 aliphatic carbocycles. The highest BCUT2D eigenvalue weighted by Crippen LogP contribution is 2.27. The maximum Gasteiger partial charge on any atom is 0.253 e. The van der Waals surface area contributed by atoms with Crippen LogP contribution in [0.3, 0.4) is 0 Å². The van der Waals surface area contributed by atoms with Gasteiger partial charge >= 0.3 is 0 Å². The Labute approximate surface area is 158 Å². The van der Waals surface area contributed by atoms with Crippen molar-refractivity contribution in [2.75, 3.05) is 13.1 Å². The minimum atomic E-state index is 0.0408. The van der Waals surface area contributed by atoms with Gasteiger partial charge < -0.3 is 9.47 Å². The van der Waals surface area contributed by atoms with Crippen LogP contribution in [0.25, 0.3) is 11.5 Å². The van der Waals surface area contributed by atoms with E-state index >= 15 is 0 Å². The summed E-state index contributed by atoms with van der Waals surface area (Å²) < 4.78 is 1.95. The number of aryl methyl sites for hydroxylation is 2. The number of aromatic nitrogens is 5. The van der Waals surface area contributed by atoms with Gasteiger partial charge in [0.2, 0.25) is 0 Å². The second kappa shape index (κ2) is 7.26. The van der Waals surface area contributed by atoms with Gasteiger partial charge in [-0.1, -0.05) is 0 Å². The normalized spacial score (nSPS) is 17.1. The smallest absolute Gasteiger partial charge is 0.253 e. The fourth-order valence-corrected chi connectivity index (χ4v) is 3.55. The van der Waals surface area contributed by atoms with Crippen LogP contribution in [0.4, 0.5) is 0 Å². The fraction of sp³-hybridized carbons (Fsp3) is 0.350. The van der Waals surface area contributed by atoms with Crippen LogP contribution < -0.4 is 0 Å². The lowest BCUT2D eigenvalue weighted by Crippen LogP contribution is -2.39. The number of likely N-dealkylation sites (tertiary alicyclic amines) is 1. The molecule has 3 aromatic rings. The zero-order chi connectivity index (χ0) is 18.8. The van der Waals surface area contributed by atoms with Crippen LogP contribution in [0.5, 0.6) is 0 Å². The van der Waals surface area contributed by atoms with Gasteiger partial charge in [-0.25, -0.2) is 15.0 Å². The average molecular weight is 362 g/mol. The molecule has 1 fully saturated rings. The molecule has 0 bridgehead atoms. The topological polar surface area (TPSA) is 76.8 Å². The lowest BCUT2D eigenvalue weighted by atomic mass is 9.96. The van der Waals surface area contributed by atoms with Gasteiger partial charge in [0.25, 0.3) is 5.91 Å². The van der Waals surface area contributed by atoms with Crippen LogP contribution in [0.2, 0.25) is 0 Å². The number of carbonyl (C=O) groups excluding carboxylic acids is 1. The Morgan fingerprint density at radius 1 is 1.19 bits per heavy atom. The molecule has 3 aromatic heterocycles. The molecule has 0 N–H and O–H groups in total. The molecule has 0 saturated carbocycles. The summed E-state index contributed by atoms with van der Waals surface area (Å²) in [7, 11) is 1.95. The van der Waals surface area contributed by atoms with Gasteiger partial charge in [0, 0.05) is 62.1 Å². The summed E-state index contributed by atoms with van der Waals surface area (Å²) in [4.78, 5) is 32.5. The minimum absolute atomic E-state index is 0.0408. The van der Waals surface area contributed by atoms with Gasteiger partial charge in [-0.05, 0) is 38.0 Å². The molecule has 4 rings (SSSR count). The Morgan fingerprint density at radius 2 is 2.00 bits per heavy atom. The fourth-order valence-electron chi connectivity index (χ4n) is 3.55. The van der Waals surface area contributed by atoms with Gasteiger partial charge in [-0.2, -0.15) is 0 Å². The minimum Gasteiger partial charge on any atom is -0.338 e. The van der Waals surface area contributed by atoms with Crippen LogP contribution in [0, 0.1) is 6.92 Å².